The molecule has 1 aromatic rings. The maximum Gasteiger partial charge on any atom is 0.320 e. The van der Waals surface area contributed by atoms with Gasteiger partial charge in [0.15, 0.2) is 0 Å². The Morgan fingerprint density at radius 3 is 2.35 bits per heavy atom. The van der Waals surface area contributed by atoms with Crippen LogP contribution in [0.15, 0.2) is 29.2 Å². The lowest BCUT2D eigenvalue weighted by molar-refractivity contribution is -0.139. The molecule has 1 aliphatic heterocycles. The van der Waals surface area contributed by atoms with Gasteiger partial charge in [0.1, 0.15) is 6.04 Å². The number of carboxylic acids is 1. The molecule has 1 aliphatic rings. The normalized spacial score (nSPS) is 18.6. The maximum atomic E-state index is 11.0. The van der Waals surface area contributed by atoms with Crippen LogP contribution in [0.4, 0.5) is 0 Å². The number of carboxylic acid groups (broad SMARTS) is 1. The van der Waals surface area contributed by atoms with Gasteiger partial charge in [0.2, 0.25) is 5.91 Å². The zero-order valence-electron chi connectivity index (χ0n) is 12.6. The Morgan fingerprint density at radius 1 is 1.39 bits per heavy atom. The standard InChI is InChI=1S/C7H12N2O3.C7H8O3S/c8-5(7(11)12)3-4-1-2-9-6(4)10;1-6-2-4-7(5-3-6)11(8,9)10/h4-5H,1-3,8H2,(H,9,10)(H,11,12);2-5H,1H3,(H,8,9,10)/t4-,5?;/m0./s1. The molecule has 0 radical (unpaired) electrons. The summed E-state index contributed by atoms with van der Waals surface area (Å²) in [4.78, 5) is 21.2. The molecule has 23 heavy (non-hydrogen) atoms. The van der Waals surface area contributed by atoms with E-state index in [0.29, 0.717) is 13.0 Å². The van der Waals surface area contributed by atoms with E-state index in [-0.39, 0.29) is 23.1 Å². The van der Waals surface area contributed by atoms with Gasteiger partial charge in [0.25, 0.3) is 10.1 Å². The fourth-order valence-electron chi connectivity index (χ4n) is 1.99. The number of aliphatic carboxylic acids is 1. The van der Waals surface area contributed by atoms with Gasteiger partial charge in [-0.05, 0) is 31.9 Å². The number of hydrogen-bond acceptors (Lipinski definition) is 5. The molecule has 9 heteroatoms. The first-order chi connectivity index (χ1) is 10.6. The second-order valence-electron chi connectivity index (χ2n) is 5.25. The largest absolute Gasteiger partial charge is 0.480 e. The molecule has 1 saturated heterocycles. The van der Waals surface area contributed by atoms with Crippen molar-refractivity contribution in [2.24, 2.45) is 11.7 Å². The van der Waals surface area contributed by atoms with Crippen LogP contribution in [0.1, 0.15) is 18.4 Å². The van der Waals surface area contributed by atoms with Gasteiger partial charge in [-0.2, -0.15) is 8.42 Å². The highest BCUT2D eigenvalue weighted by Gasteiger charge is 2.28. The van der Waals surface area contributed by atoms with Gasteiger partial charge in [-0.3, -0.25) is 14.1 Å². The van der Waals surface area contributed by atoms with Gasteiger partial charge in [-0.15, -0.1) is 0 Å². The van der Waals surface area contributed by atoms with Gasteiger partial charge in [0, 0.05) is 12.5 Å². The van der Waals surface area contributed by atoms with Crippen molar-refractivity contribution in [3.63, 3.8) is 0 Å². The highest BCUT2D eigenvalue weighted by Crippen LogP contribution is 2.15. The van der Waals surface area contributed by atoms with Crippen molar-refractivity contribution in [1.29, 1.82) is 0 Å². The molecule has 5 N–H and O–H groups in total. The summed E-state index contributed by atoms with van der Waals surface area (Å²) in [7, 11) is -4.02. The Morgan fingerprint density at radius 2 is 1.96 bits per heavy atom. The summed E-state index contributed by atoms with van der Waals surface area (Å²) in [6.45, 7) is 2.48. The molecule has 128 valence electrons. The zero-order valence-corrected chi connectivity index (χ0v) is 13.4. The predicted molar refractivity (Wildman–Crippen MR) is 82.3 cm³/mol. The van der Waals surface area contributed by atoms with E-state index in [1.807, 2.05) is 6.92 Å². The Kier molecular flexibility index (Phi) is 6.67. The van der Waals surface area contributed by atoms with Crippen molar-refractivity contribution in [3.05, 3.63) is 29.8 Å². The van der Waals surface area contributed by atoms with Crippen molar-refractivity contribution in [3.8, 4) is 0 Å². The number of amides is 1. The van der Waals surface area contributed by atoms with Crippen molar-refractivity contribution >= 4 is 22.0 Å². The molecule has 0 saturated carbocycles. The summed E-state index contributed by atoms with van der Waals surface area (Å²) in [5, 5.41) is 11.1. The monoisotopic (exact) mass is 344 g/mol. The van der Waals surface area contributed by atoms with E-state index in [1.165, 1.54) is 12.1 Å². The third kappa shape index (κ3) is 6.35. The number of hydrogen-bond donors (Lipinski definition) is 4. The van der Waals surface area contributed by atoms with Crippen LogP contribution in [0.5, 0.6) is 0 Å². The van der Waals surface area contributed by atoms with Gasteiger partial charge in [0.05, 0.1) is 4.90 Å². The lowest BCUT2D eigenvalue weighted by Crippen LogP contribution is -2.34. The minimum absolute atomic E-state index is 0.0666. The summed E-state index contributed by atoms with van der Waals surface area (Å²) >= 11 is 0. The van der Waals surface area contributed by atoms with Gasteiger partial charge < -0.3 is 16.2 Å². The number of aryl methyl sites for hydroxylation is 1. The molecule has 0 spiro atoms. The Bertz CT molecular complexity index is 656. The van der Waals surface area contributed by atoms with Crippen LogP contribution in [0.3, 0.4) is 0 Å². The van der Waals surface area contributed by atoms with Gasteiger partial charge in [-0.25, -0.2) is 0 Å². The zero-order chi connectivity index (χ0) is 17.6. The van der Waals surface area contributed by atoms with E-state index in [4.69, 9.17) is 15.4 Å². The van der Waals surface area contributed by atoms with E-state index in [0.717, 1.165) is 5.56 Å². The van der Waals surface area contributed by atoms with Gasteiger partial charge >= 0.3 is 5.97 Å². The van der Waals surface area contributed by atoms with E-state index in [2.05, 4.69) is 5.32 Å². The lowest BCUT2D eigenvalue weighted by atomic mass is 9.99. The van der Waals surface area contributed by atoms with Crippen LogP contribution in [-0.2, 0) is 19.7 Å². The number of carbonyl (C=O) groups excluding carboxylic acids is 1. The fraction of sp³-hybridized carbons (Fsp3) is 0.429. The molecule has 2 rings (SSSR count). The first-order valence-electron chi connectivity index (χ1n) is 6.91. The summed E-state index contributed by atoms with van der Waals surface area (Å²) in [6.07, 6.45) is 0.932. The first kappa shape index (κ1) is 19.1. The molecule has 0 bridgehead atoms. The quantitative estimate of drug-likeness (QED) is 0.569. The number of nitrogens with two attached hydrogens (primary N) is 1. The molecule has 0 aromatic heterocycles. The predicted octanol–water partition coefficient (Wildman–Crippen LogP) is 0.166. The second-order valence-corrected chi connectivity index (χ2v) is 6.67. The van der Waals surface area contributed by atoms with Crippen LogP contribution in [0, 0.1) is 12.8 Å². The van der Waals surface area contributed by atoms with Crippen LogP contribution < -0.4 is 11.1 Å². The second kappa shape index (κ2) is 8.04. The third-order valence-electron chi connectivity index (χ3n) is 3.34. The van der Waals surface area contributed by atoms with Crippen molar-refractivity contribution in [1.82, 2.24) is 5.32 Å². The van der Waals surface area contributed by atoms with Crippen LogP contribution >= 0.6 is 0 Å². The molecule has 2 atom stereocenters. The molecule has 0 aliphatic carbocycles. The average molecular weight is 344 g/mol. The molecule has 1 unspecified atom stereocenters. The van der Waals surface area contributed by atoms with E-state index < -0.39 is 22.1 Å². The van der Waals surface area contributed by atoms with E-state index >= 15 is 0 Å². The Hall–Kier alpha value is -1.97. The first-order valence-corrected chi connectivity index (χ1v) is 8.35. The lowest BCUT2D eigenvalue weighted by Gasteiger charge is -2.09. The molecule has 1 aromatic carbocycles. The fourth-order valence-corrected chi connectivity index (χ4v) is 2.47. The molecular weight excluding hydrogens is 324 g/mol. The van der Waals surface area contributed by atoms with E-state index in [1.54, 1.807) is 12.1 Å². The summed E-state index contributed by atoms with van der Waals surface area (Å²) in [5.74, 6) is -1.34. The third-order valence-corrected chi connectivity index (χ3v) is 4.21. The number of rotatable bonds is 4. The van der Waals surface area contributed by atoms with Crippen LogP contribution in [-0.4, -0.2) is 42.5 Å². The molecule has 1 fully saturated rings. The molecule has 1 amide bonds. The van der Waals surface area contributed by atoms with Crippen LogP contribution in [0.2, 0.25) is 0 Å². The highest BCUT2D eigenvalue weighted by atomic mass is 32.2. The minimum Gasteiger partial charge on any atom is -0.480 e. The van der Waals surface area contributed by atoms with Crippen molar-refractivity contribution < 1.29 is 27.7 Å². The molecule has 8 nitrogen and oxygen atoms in total. The van der Waals surface area contributed by atoms with Gasteiger partial charge in [-0.1, -0.05) is 17.7 Å². The average Bonchev–Trinajstić information content (AvgIpc) is 2.84. The van der Waals surface area contributed by atoms with Crippen LogP contribution in [0.25, 0.3) is 0 Å². The number of nitrogens with one attached hydrogen (secondary N) is 1. The maximum absolute atomic E-state index is 11.0. The summed E-state index contributed by atoms with van der Waals surface area (Å²) in [6, 6.07) is 5.07. The van der Waals surface area contributed by atoms with E-state index in [9.17, 15) is 18.0 Å². The minimum atomic E-state index is -4.02. The Labute approximate surface area is 134 Å². The Balaban J connectivity index is 0.000000231. The van der Waals surface area contributed by atoms with Crippen molar-refractivity contribution in [2.45, 2.75) is 30.7 Å². The SMILES string of the molecule is Cc1ccc(S(=O)(=O)O)cc1.NC(C[C@@H]1CCNC1=O)C(=O)O. The summed E-state index contributed by atoms with van der Waals surface area (Å²) in [5.41, 5.74) is 6.23. The number of carbonyl (C=O) groups is 2. The van der Waals surface area contributed by atoms with Crippen molar-refractivity contribution in [2.75, 3.05) is 6.54 Å². The topological polar surface area (TPSA) is 147 Å². The molecule has 1 heterocycles. The number of benzene rings is 1. The highest BCUT2D eigenvalue weighted by molar-refractivity contribution is 7.85. The summed E-state index contributed by atoms with van der Waals surface area (Å²) < 4.78 is 29.6. The molecular formula is C14H20N2O6S. The smallest absolute Gasteiger partial charge is 0.320 e.